The van der Waals surface area contributed by atoms with Crippen molar-refractivity contribution in [3.05, 3.63) is 35.4 Å². The Balaban J connectivity index is 2.89. The van der Waals surface area contributed by atoms with Gasteiger partial charge in [-0.1, -0.05) is 24.3 Å². The minimum Gasteiger partial charge on any atom is -0.328 e. The molecule has 0 aliphatic heterocycles. The summed E-state index contributed by atoms with van der Waals surface area (Å²) in [6, 6.07) is 8.33. The van der Waals surface area contributed by atoms with Gasteiger partial charge in [-0.05, 0) is 31.4 Å². The van der Waals surface area contributed by atoms with E-state index in [1.807, 2.05) is 19.1 Å². The second-order valence-corrected chi connectivity index (χ2v) is 3.84. The lowest BCUT2D eigenvalue weighted by Gasteiger charge is -2.16. The topological polar surface area (TPSA) is 49.9 Å². The van der Waals surface area contributed by atoms with Crippen molar-refractivity contribution in [2.24, 2.45) is 5.73 Å². The van der Waals surface area contributed by atoms with Crippen LogP contribution in [-0.4, -0.2) is 12.3 Å². The SMILES string of the molecule is Cc1ccccc1C(C=N)CC(C)N. The molecule has 14 heavy (non-hydrogen) atoms. The Bertz CT molecular complexity index is 305. The molecule has 2 nitrogen and oxygen atoms in total. The molecule has 0 heterocycles. The Hall–Kier alpha value is -1.15. The maximum atomic E-state index is 7.41. The molecule has 3 N–H and O–H groups in total. The van der Waals surface area contributed by atoms with Crippen LogP contribution in [0.3, 0.4) is 0 Å². The molecule has 1 rings (SSSR count). The van der Waals surface area contributed by atoms with Gasteiger partial charge < -0.3 is 11.1 Å². The third kappa shape index (κ3) is 2.67. The fraction of sp³-hybridized carbons (Fsp3) is 0.417. The van der Waals surface area contributed by atoms with E-state index in [4.69, 9.17) is 11.1 Å². The number of benzene rings is 1. The van der Waals surface area contributed by atoms with Crippen LogP contribution in [0.4, 0.5) is 0 Å². The Morgan fingerprint density at radius 2 is 2.07 bits per heavy atom. The summed E-state index contributed by atoms with van der Waals surface area (Å²) < 4.78 is 0. The van der Waals surface area contributed by atoms with Crippen LogP contribution in [-0.2, 0) is 0 Å². The molecule has 1 aromatic rings. The van der Waals surface area contributed by atoms with Gasteiger partial charge >= 0.3 is 0 Å². The van der Waals surface area contributed by atoms with Crippen LogP contribution in [0.5, 0.6) is 0 Å². The summed E-state index contributed by atoms with van der Waals surface area (Å²) in [7, 11) is 0. The maximum Gasteiger partial charge on any atom is 0.0203 e. The maximum absolute atomic E-state index is 7.41. The molecule has 76 valence electrons. The van der Waals surface area contributed by atoms with Crippen molar-refractivity contribution in [2.75, 3.05) is 0 Å². The molecule has 0 aliphatic rings. The average molecular weight is 190 g/mol. The van der Waals surface area contributed by atoms with E-state index < -0.39 is 0 Å². The van der Waals surface area contributed by atoms with Gasteiger partial charge in [-0.3, -0.25) is 0 Å². The van der Waals surface area contributed by atoms with Gasteiger partial charge in [-0.25, -0.2) is 0 Å². The predicted molar refractivity (Wildman–Crippen MR) is 61.0 cm³/mol. The lowest BCUT2D eigenvalue weighted by atomic mass is 9.91. The van der Waals surface area contributed by atoms with E-state index in [9.17, 15) is 0 Å². The van der Waals surface area contributed by atoms with Gasteiger partial charge in [0.25, 0.3) is 0 Å². The molecule has 2 heteroatoms. The molecule has 0 saturated carbocycles. The van der Waals surface area contributed by atoms with Crippen molar-refractivity contribution < 1.29 is 0 Å². The molecule has 1 aromatic carbocycles. The molecular weight excluding hydrogens is 172 g/mol. The Labute approximate surface area is 85.6 Å². The van der Waals surface area contributed by atoms with E-state index in [1.165, 1.54) is 17.3 Å². The molecule has 0 fully saturated rings. The fourth-order valence-corrected chi connectivity index (χ4v) is 1.69. The zero-order chi connectivity index (χ0) is 10.6. The molecule has 0 saturated heterocycles. The van der Waals surface area contributed by atoms with E-state index in [0.29, 0.717) is 0 Å². The van der Waals surface area contributed by atoms with Gasteiger partial charge in [0.2, 0.25) is 0 Å². The summed E-state index contributed by atoms with van der Waals surface area (Å²) in [5.74, 6) is 0.163. The van der Waals surface area contributed by atoms with E-state index in [1.54, 1.807) is 0 Å². The second kappa shape index (κ2) is 4.91. The summed E-state index contributed by atoms with van der Waals surface area (Å²) in [6.07, 6.45) is 2.33. The zero-order valence-corrected chi connectivity index (χ0v) is 8.83. The normalized spacial score (nSPS) is 14.8. The van der Waals surface area contributed by atoms with Gasteiger partial charge in [-0.2, -0.15) is 0 Å². The molecule has 0 aromatic heterocycles. The number of hydrogen-bond donors (Lipinski definition) is 2. The standard InChI is InChI=1S/C12H18N2/c1-9-5-3-4-6-12(9)11(8-13)7-10(2)14/h3-6,8,10-11,13H,7,14H2,1-2H3. The molecule has 0 amide bonds. The van der Waals surface area contributed by atoms with Gasteiger partial charge in [0.15, 0.2) is 0 Å². The number of hydrogen-bond acceptors (Lipinski definition) is 2. The van der Waals surface area contributed by atoms with E-state index in [-0.39, 0.29) is 12.0 Å². The lowest BCUT2D eigenvalue weighted by Crippen LogP contribution is -2.19. The van der Waals surface area contributed by atoms with E-state index >= 15 is 0 Å². The molecule has 0 spiro atoms. The highest BCUT2D eigenvalue weighted by Gasteiger charge is 2.12. The Kier molecular flexibility index (Phi) is 3.84. The summed E-state index contributed by atoms with van der Waals surface area (Å²) in [6.45, 7) is 4.06. The lowest BCUT2D eigenvalue weighted by molar-refractivity contribution is 0.639. The van der Waals surface area contributed by atoms with Crippen LogP contribution in [0, 0.1) is 12.3 Å². The third-order valence-corrected chi connectivity index (χ3v) is 2.41. The van der Waals surface area contributed by atoms with Gasteiger partial charge in [-0.15, -0.1) is 0 Å². The van der Waals surface area contributed by atoms with Crippen LogP contribution in [0.15, 0.2) is 24.3 Å². The number of nitrogens with one attached hydrogen (secondary N) is 1. The van der Waals surface area contributed by atoms with Crippen molar-refractivity contribution in [2.45, 2.75) is 32.2 Å². The largest absolute Gasteiger partial charge is 0.328 e. The minimum absolute atomic E-state index is 0.140. The molecular formula is C12H18N2. The number of nitrogens with two attached hydrogens (primary N) is 1. The first kappa shape index (κ1) is 10.9. The van der Waals surface area contributed by atoms with Gasteiger partial charge in [0, 0.05) is 18.2 Å². The predicted octanol–water partition coefficient (Wildman–Crippen LogP) is 2.47. The number of aryl methyl sites for hydroxylation is 1. The smallest absolute Gasteiger partial charge is 0.0203 e. The monoisotopic (exact) mass is 190 g/mol. The van der Waals surface area contributed by atoms with Crippen molar-refractivity contribution in [1.82, 2.24) is 0 Å². The summed E-state index contributed by atoms with van der Waals surface area (Å²) in [5, 5.41) is 7.41. The molecule has 2 atom stereocenters. The molecule has 2 unspecified atom stereocenters. The summed E-state index contributed by atoms with van der Waals surface area (Å²) >= 11 is 0. The highest BCUT2D eigenvalue weighted by Crippen LogP contribution is 2.21. The van der Waals surface area contributed by atoms with Crippen LogP contribution >= 0.6 is 0 Å². The molecule has 0 aliphatic carbocycles. The van der Waals surface area contributed by atoms with Gasteiger partial charge in [0.05, 0.1) is 0 Å². The summed E-state index contributed by atoms with van der Waals surface area (Å²) in [4.78, 5) is 0. The van der Waals surface area contributed by atoms with Crippen molar-refractivity contribution in [3.63, 3.8) is 0 Å². The fourth-order valence-electron chi connectivity index (χ4n) is 1.69. The van der Waals surface area contributed by atoms with Crippen molar-refractivity contribution in [3.8, 4) is 0 Å². The minimum atomic E-state index is 0.140. The van der Waals surface area contributed by atoms with Crippen LogP contribution in [0.1, 0.15) is 30.4 Å². The first-order valence-electron chi connectivity index (χ1n) is 4.97. The van der Waals surface area contributed by atoms with Crippen molar-refractivity contribution in [1.29, 1.82) is 5.41 Å². The Morgan fingerprint density at radius 3 is 2.57 bits per heavy atom. The highest BCUT2D eigenvalue weighted by atomic mass is 14.6. The quantitative estimate of drug-likeness (QED) is 0.704. The first-order chi connectivity index (χ1) is 6.65. The molecule has 0 radical (unpaired) electrons. The second-order valence-electron chi connectivity index (χ2n) is 3.84. The van der Waals surface area contributed by atoms with Gasteiger partial charge in [0.1, 0.15) is 0 Å². The van der Waals surface area contributed by atoms with Crippen LogP contribution in [0.25, 0.3) is 0 Å². The molecule has 0 bridgehead atoms. The highest BCUT2D eigenvalue weighted by molar-refractivity contribution is 5.65. The van der Waals surface area contributed by atoms with E-state index in [0.717, 1.165) is 6.42 Å². The Morgan fingerprint density at radius 1 is 1.43 bits per heavy atom. The third-order valence-electron chi connectivity index (χ3n) is 2.41. The number of rotatable bonds is 4. The summed E-state index contributed by atoms with van der Waals surface area (Å²) in [5.41, 5.74) is 8.21. The average Bonchev–Trinajstić information content (AvgIpc) is 2.15. The van der Waals surface area contributed by atoms with Crippen LogP contribution < -0.4 is 5.73 Å². The zero-order valence-electron chi connectivity index (χ0n) is 8.83. The van der Waals surface area contributed by atoms with E-state index in [2.05, 4.69) is 19.1 Å². The van der Waals surface area contributed by atoms with Crippen molar-refractivity contribution >= 4 is 6.21 Å². The van der Waals surface area contributed by atoms with Crippen LogP contribution in [0.2, 0.25) is 0 Å². The first-order valence-corrected chi connectivity index (χ1v) is 4.97.